The van der Waals surface area contributed by atoms with Crippen LogP contribution in [0.15, 0.2) is 108 Å². The molecule has 0 atom stereocenters. The molecule has 6 nitrogen and oxygen atoms in total. The van der Waals surface area contributed by atoms with Crippen LogP contribution in [0.2, 0.25) is 0 Å². The van der Waals surface area contributed by atoms with Gasteiger partial charge in [0.25, 0.3) is 10.0 Å². The van der Waals surface area contributed by atoms with E-state index in [2.05, 4.69) is 24.4 Å². The molecule has 8 heteroatoms. The van der Waals surface area contributed by atoms with E-state index in [4.69, 9.17) is 4.74 Å². The van der Waals surface area contributed by atoms with Gasteiger partial charge >= 0.3 is 0 Å². The van der Waals surface area contributed by atoms with Gasteiger partial charge < -0.3 is 10.1 Å². The van der Waals surface area contributed by atoms with E-state index in [1.54, 1.807) is 60.3 Å². The average Bonchev–Trinajstić information content (AvgIpc) is 2.94. The predicted molar refractivity (Wildman–Crippen MR) is 159 cm³/mol. The molecular weight excluding hydrogens is 528 g/mol. The zero-order chi connectivity index (χ0) is 27.7. The monoisotopic (exact) mass is 560 g/mol. The predicted octanol–water partition coefficient (Wildman–Crippen LogP) is 6.34. The molecule has 1 amide bonds. The van der Waals surface area contributed by atoms with Gasteiger partial charge in [-0.25, -0.2) is 8.42 Å². The largest absolute Gasteiger partial charge is 0.457 e. The van der Waals surface area contributed by atoms with Crippen molar-refractivity contribution in [2.24, 2.45) is 0 Å². The summed E-state index contributed by atoms with van der Waals surface area (Å²) in [5.41, 5.74) is 3.83. The smallest absolute Gasteiger partial charge is 0.264 e. The Morgan fingerprint density at radius 2 is 1.46 bits per heavy atom. The van der Waals surface area contributed by atoms with Crippen LogP contribution in [0.4, 0.5) is 5.69 Å². The van der Waals surface area contributed by atoms with Crippen molar-refractivity contribution < 1.29 is 17.9 Å². The molecule has 0 unspecified atom stereocenters. The van der Waals surface area contributed by atoms with Gasteiger partial charge in [-0.05, 0) is 73.5 Å². The molecule has 0 radical (unpaired) electrons. The minimum Gasteiger partial charge on any atom is -0.457 e. The van der Waals surface area contributed by atoms with E-state index in [1.807, 2.05) is 49.4 Å². The van der Waals surface area contributed by atoms with Crippen molar-refractivity contribution in [3.05, 3.63) is 120 Å². The summed E-state index contributed by atoms with van der Waals surface area (Å²) in [5, 5.41) is 2.87. The van der Waals surface area contributed by atoms with Crippen LogP contribution in [-0.4, -0.2) is 33.2 Å². The fraction of sp³-hybridized carbons (Fsp3) is 0.194. The van der Waals surface area contributed by atoms with Crippen molar-refractivity contribution in [3.63, 3.8) is 0 Å². The van der Waals surface area contributed by atoms with Gasteiger partial charge in [0.05, 0.1) is 10.6 Å². The van der Waals surface area contributed by atoms with E-state index in [0.29, 0.717) is 23.7 Å². The summed E-state index contributed by atoms with van der Waals surface area (Å²) in [5.74, 6) is 2.44. The molecule has 4 aromatic carbocycles. The number of carbonyl (C=O) groups is 1. The Morgan fingerprint density at radius 1 is 0.821 bits per heavy atom. The van der Waals surface area contributed by atoms with Gasteiger partial charge in [-0.1, -0.05) is 60.2 Å². The van der Waals surface area contributed by atoms with Crippen LogP contribution in [0.3, 0.4) is 0 Å². The molecule has 0 aliphatic rings. The highest BCUT2D eigenvalue weighted by atomic mass is 32.2. The van der Waals surface area contributed by atoms with Crippen molar-refractivity contribution in [3.8, 4) is 11.5 Å². The summed E-state index contributed by atoms with van der Waals surface area (Å²) < 4.78 is 34.2. The molecule has 4 aromatic rings. The van der Waals surface area contributed by atoms with Gasteiger partial charge in [-0.3, -0.25) is 9.10 Å². The molecule has 0 heterocycles. The first kappa shape index (κ1) is 28.3. The molecule has 39 heavy (non-hydrogen) atoms. The van der Waals surface area contributed by atoms with E-state index in [1.165, 1.54) is 11.1 Å². The van der Waals surface area contributed by atoms with Crippen LogP contribution in [-0.2, 0) is 20.6 Å². The zero-order valence-electron chi connectivity index (χ0n) is 22.0. The molecule has 0 saturated carbocycles. The summed E-state index contributed by atoms with van der Waals surface area (Å²) in [6.45, 7) is 4.08. The molecular formula is C31H32N2O4S2. The fourth-order valence-corrected chi connectivity index (χ4v) is 6.22. The van der Waals surface area contributed by atoms with Crippen molar-refractivity contribution in [1.82, 2.24) is 5.32 Å². The lowest BCUT2D eigenvalue weighted by molar-refractivity contribution is -0.119. The van der Waals surface area contributed by atoms with Crippen LogP contribution < -0.4 is 14.4 Å². The van der Waals surface area contributed by atoms with Crippen molar-refractivity contribution in [1.29, 1.82) is 0 Å². The number of anilines is 1. The first-order valence-electron chi connectivity index (χ1n) is 12.6. The number of hydrogen-bond donors (Lipinski definition) is 1. The van der Waals surface area contributed by atoms with Crippen molar-refractivity contribution >= 4 is 33.4 Å². The summed E-state index contributed by atoms with van der Waals surface area (Å²) in [6, 6.07) is 30.8. The van der Waals surface area contributed by atoms with E-state index in [0.717, 1.165) is 21.4 Å². The maximum Gasteiger partial charge on any atom is 0.264 e. The highest BCUT2D eigenvalue weighted by Crippen LogP contribution is 2.28. The van der Waals surface area contributed by atoms with Gasteiger partial charge in [0.2, 0.25) is 5.91 Å². The lowest BCUT2D eigenvalue weighted by atomic mass is 10.1. The number of benzene rings is 4. The Balaban J connectivity index is 1.44. The van der Waals surface area contributed by atoms with Gasteiger partial charge in [0.15, 0.2) is 0 Å². The van der Waals surface area contributed by atoms with Gasteiger partial charge in [0.1, 0.15) is 18.0 Å². The standard InChI is InChI=1S/C31H32N2O4S2/c1-24-12-18-30(19-13-24)39(35,36)33(27-14-16-29(17-15-27)37-28-10-4-3-5-11-28)22-31(34)32-20-21-38-23-26-9-7-6-8-25(26)2/h3-19H,20-23H2,1-2H3,(H,32,34). The Bertz CT molecular complexity index is 1470. The molecule has 0 saturated heterocycles. The number of para-hydroxylation sites is 1. The Labute approximate surface area is 235 Å². The quantitative estimate of drug-likeness (QED) is 0.205. The van der Waals surface area contributed by atoms with Crippen molar-refractivity contribution in [2.45, 2.75) is 24.5 Å². The molecule has 202 valence electrons. The minimum atomic E-state index is -3.99. The van der Waals surface area contributed by atoms with E-state index < -0.39 is 10.0 Å². The molecule has 0 bridgehead atoms. The molecule has 0 aliphatic heterocycles. The second-order valence-electron chi connectivity index (χ2n) is 9.06. The van der Waals surface area contributed by atoms with Crippen LogP contribution in [0, 0.1) is 13.8 Å². The van der Waals surface area contributed by atoms with Crippen LogP contribution >= 0.6 is 11.8 Å². The van der Waals surface area contributed by atoms with Gasteiger partial charge in [-0.15, -0.1) is 0 Å². The lowest BCUT2D eigenvalue weighted by Crippen LogP contribution is -2.41. The average molecular weight is 561 g/mol. The van der Waals surface area contributed by atoms with Crippen LogP contribution in [0.5, 0.6) is 11.5 Å². The normalized spacial score (nSPS) is 11.1. The number of rotatable bonds is 12. The maximum absolute atomic E-state index is 13.6. The SMILES string of the molecule is Cc1ccc(S(=O)(=O)N(CC(=O)NCCSCc2ccccc2C)c2ccc(Oc3ccccc3)cc2)cc1. The van der Waals surface area contributed by atoms with Crippen molar-refractivity contribution in [2.75, 3.05) is 23.1 Å². The van der Waals surface area contributed by atoms with E-state index in [9.17, 15) is 13.2 Å². The summed E-state index contributed by atoms with van der Waals surface area (Å²) in [4.78, 5) is 13.0. The number of aryl methyl sites for hydroxylation is 2. The fourth-order valence-electron chi connectivity index (χ4n) is 3.86. The number of sulfonamides is 1. The number of amides is 1. The first-order chi connectivity index (χ1) is 18.8. The topological polar surface area (TPSA) is 75.7 Å². The Morgan fingerprint density at radius 3 is 2.15 bits per heavy atom. The molecule has 0 fully saturated rings. The summed E-state index contributed by atoms with van der Waals surface area (Å²) in [6.07, 6.45) is 0. The molecule has 4 rings (SSSR count). The molecule has 1 N–H and O–H groups in total. The number of hydrogen-bond acceptors (Lipinski definition) is 5. The molecule has 0 aromatic heterocycles. The Hall–Kier alpha value is -3.75. The van der Waals surface area contributed by atoms with E-state index in [-0.39, 0.29) is 17.3 Å². The van der Waals surface area contributed by atoms with Crippen LogP contribution in [0.25, 0.3) is 0 Å². The number of nitrogens with one attached hydrogen (secondary N) is 1. The highest BCUT2D eigenvalue weighted by Gasteiger charge is 2.27. The third kappa shape index (κ3) is 7.88. The second-order valence-corrected chi connectivity index (χ2v) is 12.0. The third-order valence-corrected chi connectivity index (χ3v) is 8.88. The lowest BCUT2D eigenvalue weighted by Gasteiger charge is -2.24. The number of carbonyl (C=O) groups excluding carboxylic acids is 1. The van der Waals surface area contributed by atoms with Gasteiger partial charge in [0, 0.05) is 18.1 Å². The number of ether oxygens (including phenoxy) is 1. The second kappa shape index (κ2) is 13.4. The van der Waals surface area contributed by atoms with Crippen LogP contribution in [0.1, 0.15) is 16.7 Å². The molecule has 0 spiro atoms. The summed E-state index contributed by atoms with van der Waals surface area (Å²) >= 11 is 1.72. The first-order valence-corrected chi connectivity index (χ1v) is 15.2. The number of nitrogens with zero attached hydrogens (tertiary/aromatic N) is 1. The Kier molecular flexibility index (Phi) is 9.68. The van der Waals surface area contributed by atoms with E-state index >= 15 is 0 Å². The van der Waals surface area contributed by atoms with Gasteiger partial charge in [-0.2, -0.15) is 11.8 Å². The number of thioether (sulfide) groups is 1. The highest BCUT2D eigenvalue weighted by molar-refractivity contribution is 7.98. The minimum absolute atomic E-state index is 0.124. The summed E-state index contributed by atoms with van der Waals surface area (Å²) in [7, 11) is -3.99. The molecule has 0 aliphatic carbocycles. The third-order valence-electron chi connectivity index (χ3n) is 6.09. The maximum atomic E-state index is 13.6. The zero-order valence-corrected chi connectivity index (χ0v) is 23.7.